The summed E-state index contributed by atoms with van der Waals surface area (Å²) >= 11 is 2.58. The first-order chi connectivity index (χ1) is 13.3. The van der Waals surface area contributed by atoms with Crippen LogP contribution in [0.5, 0.6) is 0 Å². The van der Waals surface area contributed by atoms with Crippen molar-refractivity contribution in [2.24, 2.45) is 7.05 Å². The maximum Gasteiger partial charge on any atom is 0.406 e. The number of rotatable bonds is 7. The second kappa shape index (κ2) is 8.78. The first-order valence-corrected chi connectivity index (χ1v) is 10.1. The van der Waals surface area contributed by atoms with Gasteiger partial charge in [0.2, 0.25) is 5.91 Å². The zero-order valence-corrected chi connectivity index (χ0v) is 16.5. The van der Waals surface area contributed by atoms with Gasteiger partial charge in [-0.2, -0.15) is 13.2 Å². The normalized spacial score (nSPS) is 11.6. The molecule has 2 aromatic heterocycles. The SMILES string of the molecule is Cn1c(SCC(=O)N(Cc2ccccc2)CC(F)(F)F)nnc1-c1cccs1. The number of hydrogen-bond donors (Lipinski definition) is 0. The lowest BCUT2D eigenvalue weighted by Crippen LogP contribution is -2.39. The number of thiophene rings is 1. The van der Waals surface area contributed by atoms with Crippen LogP contribution in [0.15, 0.2) is 53.0 Å². The van der Waals surface area contributed by atoms with Crippen LogP contribution in [0.2, 0.25) is 0 Å². The molecule has 1 amide bonds. The Morgan fingerprint density at radius 3 is 2.57 bits per heavy atom. The molecule has 0 fully saturated rings. The van der Waals surface area contributed by atoms with E-state index in [1.165, 1.54) is 11.3 Å². The third-order valence-corrected chi connectivity index (χ3v) is 5.71. The molecule has 10 heteroatoms. The van der Waals surface area contributed by atoms with E-state index in [4.69, 9.17) is 0 Å². The molecule has 0 spiro atoms. The Bertz CT molecular complexity index is 911. The summed E-state index contributed by atoms with van der Waals surface area (Å²) in [5, 5.41) is 10.5. The quantitative estimate of drug-likeness (QED) is 0.531. The summed E-state index contributed by atoms with van der Waals surface area (Å²) in [6, 6.07) is 12.4. The monoisotopic (exact) mass is 426 g/mol. The van der Waals surface area contributed by atoms with Crippen LogP contribution in [0.1, 0.15) is 5.56 Å². The number of nitrogens with zero attached hydrogens (tertiary/aromatic N) is 4. The molecular weight excluding hydrogens is 409 g/mol. The second-order valence-corrected chi connectivity index (χ2v) is 7.87. The van der Waals surface area contributed by atoms with Gasteiger partial charge in [-0.3, -0.25) is 4.79 Å². The van der Waals surface area contributed by atoms with Crippen LogP contribution in [0.3, 0.4) is 0 Å². The molecule has 0 saturated carbocycles. The van der Waals surface area contributed by atoms with Crippen molar-refractivity contribution < 1.29 is 18.0 Å². The molecule has 5 nitrogen and oxygen atoms in total. The van der Waals surface area contributed by atoms with Gasteiger partial charge < -0.3 is 9.47 Å². The molecular formula is C18H17F3N4OS2. The van der Waals surface area contributed by atoms with Gasteiger partial charge in [0.25, 0.3) is 0 Å². The van der Waals surface area contributed by atoms with Crippen LogP contribution in [0, 0.1) is 0 Å². The maximum absolute atomic E-state index is 12.9. The molecule has 28 heavy (non-hydrogen) atoms. The van der Waals surface area contributed by atoms with Crippen molar-refractivity contribution in [3.63, 3.8) is 0 Å². The number of carbonyl (C=O) groups is 1. The van der Waals surface area contributed by atoms with E-state index in [9.17, 15) is 18.0 Å². The van der Waals surface area contributed by atoms with Crippen LogP contribution in [-0.2, 0) is 18.4 Å². The molecule has 148 valence electrons. The highest BCUT2D eigenvalue weighted by Crippen LogP contribution is 2.26. The van der Waals surface area contributed by atoms with Crippen molar-refractivity contribution in [1.82, 2.24) is 19.7 Å². The number of alkyl halides is 3. The number of carbonyl (C=O) groups excluding carboxylic acids is 1. The first-order valence-electron chi connectivity index (χ1n) is 8.28. The van der Waals surface area contributed by atoms with Crippen molar-refractivity contribution in [1.29, 1.82) is 0 Å². The van der Waals surface area contributed by atoms with E-state index in [0.29, 0.717) is 16.5 Å². The molecule has 0 unspecified atom stereocenters. The van der Waals surface area contributed by atoms with Crippen molar-refractivity contribution in [2.45, 2.75) is 17.9 Å². The highest BCUT2D eigenvalue weighted by atomic mass is 32.2. The Labute approximate surface area is 168 Å². The van der Waals surface area contributed by atoms with Gasteiger partial charge >= 0.3 is 6.18 Å². The molecule has 3 aromatic rings. The van der Waals surface area contributed by atoms with Crippen LogP contribution in [-0.4, -0.2) is 44.0 Å². The van der Waals surface area contributed by atoms with Gasteiger partial charge in [-0.25, -0.2) is 0 Å². The van der Waals surface area contributed by atoms with Gasteiger partial charge in [0, 0.05) is 13.6 Å². The molecule has 0 aliphatic rings. The van der Waals surface area contributed by atoms with E-state index >= 15 is 0 Å². The molecule has 3 rings (SSSR count). The zero-order chi connectivity index (χ0) is 20.1. The first kappa shape index (κ1) is 20.4. The van der Waals surface area contributed by atoms with Gasteiger partial charge in [0.1, 0.15) is 6.54 Å². The van der Waals surface area contributed by atoms with Gasteiger partial charge in [-0.05, 0) is 17.0 Å². The number of halogens is 3. The highest BCUT2D eigenvalue weighted by molar-refractivity contribution is 7.99. The Balaban J connectivity index is 1.68. The molecule has 0 radical (unpaired) electrons. The Morgan fingerprint density at radius 2 is 1.93 bits per heavy atom. The van der Waals surface area contributed by atoms with Crippen LogP contribution in [0.4, 0.5) is 13.2 Å². The van der Waals surface area contributed by atoms with Crippen LogP contribution >= 0.6 is 23.1 Å². The molecule has 0 N–H and O–H groups in total. The van der Waals surface area contributed by atoms with Gasteiger partial charge in [0.15, 0.2) is 11.0 Å². The van der Waals surface area contributed by atoms with E-state index in [1.807, 2.05) is 17.5 Å². The van der Waals surface area contributed by atoms with Gasteiger partial charge in [0.05, 0.1) is 10.6 Å². The van der Waals surface area contributed by atoms with Crippen LogP contribution < -0.4 is 0 Å². The number of benzene rings is 1. The molecule has 0 saturated heterocycles. The lowest BCUT2D eigenvalue weighted by molar-refractivity contribution is -0.160. The van der Waals surface area contributed by atoms with E-state index < -0.39 is 18.6 Å². The summed E-state index contributed by atoms with van der Waals surface area (Å²) in [6.07, 6.45) is -4.47. The van der Waals surface area contributed by atoms with Crippen molar-refractivity contribution in [3.8, 4) is 10.7 Å². The number of amides is 1. The number of aromatic nitrogens is 3. The predicted octanol–water partition coefficient (Wildman–Crippen LogP) is 4.23. The number of hydrogen-bond acceptors (Lipinski definition) is 5. The molecule has 0 atom stereocenters. The van der Waals surface area contributed by atoms with Crippen molar-refractivity contribution in [2.75, 3.05) is 12.3 Å². The summed E-state index contributed by atoms with van der Waals surface area (Å²) in [4.78, 5) is 14.2. The highest BCUT2D eigenvalue weighted by Gasteiger charge is 2.33. The van der Waals surface area contributed by atoms with Crippen molar-refractivity contribution in [3.05, 3.63) is 53.4 Å². The summed E-state index contributed by atoms with van der Waals surface area (Å²) in [5.74, 6) is -0.104. The van der Waals surface area contributed by atoms with E-state index in [1.54, 1.807) is 41.9 Å². The summed E-state index contributed by atoms with van der Waals surface area (Å²) in [7, 11) is 1.76. The summed E-state index contributed by atoms with van der Waals surface area (Å²) in [5.41, 5.74) is 0.642. The lowest BCUT2D eigenvalue weighted by Gasteiger charge is -2.24. The minimum atomic E-state index is -4.47. The third kappa shape index (κ3) is 5.35. The summed E-state index contributed by atoms with van der Waals surface area (Å²) in [6.45, 7) is -1.39. The average Bonchev–Trinajstić information content (AvgIpc) is 3.28. The standard InChI is InChI=1S/C18H17F3N4OS2/c1-24-16(14-8-5-9-27-14)22-23-17(24)28-11-15(26)25(12-18(19,20)21)10-13-6-3-2-4-7-13/h2-9H,10-12H2,1H3. The third-order valence-electron chi connectivity index (χ3n) is 3.84. The summed E-state index contributed by atoms with van der Waals surface area (Å²) < 4.78 is 40.5. The topological polar surface area (TPSA) is 51.0 Å². The molecule has 0 aliphatic carbocycles. The Morgan fingerprint density at radius 1 is 1.18 bits per heavy atom. The second-order valence-electron chi connectivity index (χ2n) is 5.98. The molecule has 0 bridgehead atoms. The van der Waals surface area contributed by atoms with Gasteiger partial charge in [-0.15, -0.1) is 21.5 Å². The van der Waals surface area contributed by atoms with Crippen LogP contribution in [0.25, 0.3) is 10.7 Å². The fraction of sp³-hybridized carbons (Fsp3) is 0.278. The molecule has 2 heterocycles. The van der Waals surface area contributed by atoms with Crippen molar-refractivity contribution >= 4 is 29.0 Å². The average molecular weight is 426 g/mol. The Hall–Kier alpha value is -2.33. The fourth-order valence-corrected chi connectivity index (χ4v) is 4.09. The van der Waals surface area contributed by atoms with Gasteiger partial charge in [-0.1, -0.05) is 48.2 Å². The largest absolute Gasteiger partial charge is 0.406 e. The minimum absolute atomic E-state index is 0.0982. The Kier molecular flexibility index (Phi) is 6.40. The predicted molar refractivity (Wildman–Crippen MR) is 103 cm³/mol. The van der Waals surface area contributed by atoms with E-state index in [2.05, 4.69) is 10.2 Å². The molecule has 0 aliphatic heterocycles. The lowest BCUT2D eigenvalue weighted by atomic mass is 10.2. The van der Waals surface area contributed by atoms with E-state index in [-0.39, 0.29) is 12.3 Å². The number of thioether (sulfide) groups is 1. The zero-order valence-electron chi connectivity index (χ0n) is 14.9. The van der Waals surface area contributed by atoms with E-state index in [0.717, 1.165) is 21.5 Å². The molecule has 1 aromatic carbocycles. The fourth-order valence-electron chi connectivity index (χ4n) is 2.53. The maximum atomic E-state index is 12.9. The minimum Gasteiger partial charge on any atom is -0.329 e. The smallest absolute Gasteiger partial charge is 0.329 e.